The van der Waals surface area contributed by atoms with Crippen molar-refractivity contribution in [2.24, 2.45) is 5.92 Å². The van der Waals surface area contributed by atoms with Crippen LogP contribution in [0.4, 0.5) is 5.95 Å². The maximum Gasteiger partial charge on any atom is 0.229 e. The number of aryl methyl sites for hydroxylation is 2. The molecule has 3 aromatic rings. The van der Waals surface area contributed by atoms with Gasteiger partial charge in [-0.15, -0.1) is 0 Å². The zero-order chi connectivity index (χ0) is 20.0. The number of hydrogen-bond donors (Lipinski definition) is 1. The van der Waals surface area contributed by atoms with Crippen LogP contribution < -0.4 is 4.90 Å². The third-order valence-corrected chi connectivity index (χ3v) is 6.45. The molecule has 0 bridgehead atoms. The number of anilines is 1. The number of fused-ring (bicyclic) bond motifs is 3. The van der Waals surface area contributed by atoms with Crippen molar-refractivity contribution in [3.63, 3.8) is 0 Å². The van der Waals surface area contributed by atoms with Gasteiger partial charge in [-0.1, -0.05) is 11.6 Å². The van der Waals surface area contributed by atoms with Gasteiger partial charge in [0.15, 0.2) is 0 Å². The molecular formula is C22H26ClN5O. The molecule has 0 amide bonds. The van der Waals surface area contributed by atoms with E-state index in [9.17, 15) is 0 Å². The zero-order valence-electron chi connectivity index (χ0n) is 16.9. The van der Waals surface area contributed by atoms with Crippen molar-refractivity contribution in [1.29, 1.82) is 0 Å². The van der Waals surface area contributed by atoms with Gasteiger partial charge in [-0.25, -0.2) is 4.98 Å². The van der Waals surface area contributed by atoms with Crippen molar-refractivity contribution in [2.75, 3.05) is 24.7 Å². The van der Waals surface area contributed by atoms with Gasteiger partial charge in [-0.05, 0) is 69.2 Å². The van der Waals surface area contributed by atoms with E-state index in [1.807, 2.05) is 19.9 Å². The Bertz CT molecular complexity index is 1020. The predicted molar refractivity (Wildman–Crippen MR) is 115 cm³/mol. The number of H-pyrrole nitrogens is 1. The lowest BCUT2D eigenvalue weighted by Gasteiger charge is -2.38. The fraction of sp³-hybridized carbons (Fsp3) is 0.500. The monoisotopic (exact) mass is 411 g/mol. The Morgan fingerprint density at radius 1 is 1.14 bits per heavy atom. The summed E-state index contributed by atoms with van der Waals surface area (Å²) in [6.45, 7) is 6.48. The molecule has 1 unspecified atom stereocenters. The first-order chi connectivity index (χ1) is 14.1. The van der Waals surface area contributed by atoms with E-state index in [2.05, 4.69) is 37.0 Å². The van der Waals surface area contributed by atoms with E-state index < -0.39 is 0 Å². The summed E-state index contributed by atoms with van der Waals surface area (Å²) in [6.07, 6.45) is 4.24. The Morgan fingerprint density at radius 3 is 2.66 bits per heavy atom. The summed E-state index contributed by atoms with van der Waals surface area (Å²) < 4.78 is 5.59. The summed E-state index contributed by atoms with van der Waals surface area (Å²) in [7, 11) is 0. The molecule has 4 heterocycles. The Hall–Kier alpha value is -2.18. The summed E-state index contributed by atoms with van der Waals surface area (Å²) in [4.78, 5) is 19.8. The molecule has 0 saturated carbocycles. The van der Waals surface area contributed by atoms with Crippen LogP contribution in [0.15, 0.2) is 18.2 Å². The van der Waals surface area contributed by atoms with Crippen LogP contribution in [0.3, 0.4) is 0 Å². The van der Waals surface area contributed by atoms with Crippen LogP contribution in [0.2, 0.25) is 5.02 Å². The molecule has 1 fully saturated rings. The van der Waals surface area contributed by atoms with Crippen molar-refractivity contribution in [1.82, 2.24) is 19.9 Å². The molecule has 0 radical (unpaired) electrons. The van der Waals surface area contributed by atoms with Crippen molar-refractivity contribution < 1.29 is 4.74 Å². The molecule has 1 atom stereocenters. The molecule has 6 nitrogen and oxygen atoms in total. The first-order valence-electron chi connectivity index (χ1n) is 10.4. The quantitative estimate of drug-likeness (QED) is 0.685. The number of halogens is 1. The molecule has 1 saturated heterocycles. The normalized spacial score (nSPS) is 20.2. The van der Waals surface area contributed by atoms with E-state index >= 15 is 0 Å². The minimum atomic E-state index is 0.217. The maximum absolute atomic E-state index is 6.30. The van der Waals surface area contributed by atoms with Crippen LogP contribution in [-0.4, -0.2) is 39.7 Å². The summed E-state index contributed by atoms with van der Waals surface area (Å²) in [5, 5.41) is 2.03. The lowest BCUT2D eigenvalue weighted by atomic mass is 9.87. The smallest absolute Gasteiger partial charge is 0.229 e. The Kier molecular flexibility index (Phi) is 4.92. The Labute approximate surface area is 175 Å². The standard InChI is InChI=1S/C22H26ClN5O/c1-13-24-14(2)26-22(25-13)28-8-5-17-18-12-16(23)3-4-19(18)27-21(17)20(28)11-15-6-9-29-10-7-15/h3-4,12,15,20,27H,5-11H2,1-2H3. The van der Waals surface area contributed by atoms with Crippen LogP contribution in [0.1, 0.15) is 48.2 Å². The van der Waals surface area contributed by atoms with Gasteiger partial charge >= 0.3 is 0 Å². The first kappa shape index (κ1) is 18.8. The SMILES string of the molecule is Cc1nc(C)nc(N2CCc3c([nH]c4ccc(Cl)cc34)C2CC2CCOCC2)n1. The summed E-state index contributed by atoms with van der Waals surface area (Å²) >= 11 is 6.30. The topological polar surface area (TPSA) is 66.9 Å². The van der Waals surface area contributed by atoms with Gasteiger partial charge in [0, 0.05) is 41.4 Å². The van der Waals surface area contributed by atoms with Crippen LogP contribution in [0.25, 0.3) is 10.9 Å². The number of aromatic amines is 1. The van der Waals surface area contributed by atoms with E-state index in [0.29, 0.717) is 5.92 Å². The molecule has 1 aromatic carbocycles. The molecule has 0 spiro atoms. The molecule has 29 heavy (non-hydrogen) atoms. The molecule has 7 heteroatoms. The van der Waals surface area contributed by atoms with Crippen molar-refractivity contribution in [3.05, 3.63) is 46.1 Å². The molecule has 1 N–H and O–H groups in total. The van der Waals surface area contributed by atoms with Gasteiger partial charge in [0.25, 0.3) is 0 Å². The second kappa shape index (κ2) is 7.58. The Balaban J connectivity index is 1.59. The highest BCUT2D eigenvalue weighted by atomic mass is 35.5. The van der Waals surface area contributed by atoms with E-state index in [0.717, 1.165) is 73.6 Å². The summed E-state index contributed by atoms with van der Waals surface area (Å²) in [5.41, 5.74) is 3.83. The number of benzene rings is 1. The number of ether oxygens (including phenoxy) is 1. The summed E-state index contributed by atoms with van der Waals surface area (Å²) in [6, 6.07) is 6.35. The van der Waals surface area contributed by atoms with Gasteiger partial charge in [0.1, 0.15) is 11.6 Å². The van der Waals surface area contributed by atoms with Gasteiger partial charge in [-0.3, -0.25) is 0 Å². The molecule has 5 rings (SSSR count). The van der Waals surface area contributed by atoms with Crippen LogP contribution in [0, 0.1) is 19.8 Å². The third-order valence-electron chi connectivity index (χ3n) is 6.21. The van der Waals surface area contributed by atoms with Gasteiger partial charge in [0.05, 0.1) is 6.04 Å². The van der Waals surface area contributed by atoms with Crippen LogP contribution in [-0.2, 0) is 11.2 Å². The lowest BCUT2D eigenvalue weighted by molar-refractivity contribution is 0.0612. The maximum atomic E-state index is 6.30. The number of rotatable bonds is 3. The highest BCUT2D eigenvalue weighted by Crippen LogP contribution is 2.41. The number of nitrogens with zero attached hydrogens (tertiary/aromatic N) is 4. The first-order valence-corrected chi connectivity index (χ1v) is 10.8. The largest absolute Gasteiger partial charge is 0.381 e. The van der Waals surface area contributed by atoms with Gasteiger partial charge in [0.2, 0.25) is 5.95 Å². The predicted octanol–water partition coefficient (Wildman–Crippen LogP) is 4.54. The highest BCUT2D eigenvalue weighted by Gasteiger charge is 2.34. The minimum absolute atomic E-state index is 0.217. The molecule has 0 aliphatic carbocycles. The number of nitrogens with one attached hydrogen (secondary N) is 1. The highest BCUT2D eigenvalue weighted by molar-refractivity contribution is 6.31. The van der Waals surface area contributed by atoms with E-state index in [1.54, 1.807) is 0 Å². The van der Waals surface area contributed by atoms with Gasteiger partial charge < -0.3 is 14.6 Å². The molecule has 2 aliphatic rings. The second-order valence-electron chi connectivity index (χ2n) is 8.19. The van der Waals surface area contributed by atoms with Crippen molar-refractivity contribution >= 4 is 28.5 Å². The zero-order valence-corrected chi connectivity index (χ0v) is 17.7. The minimum Gasteiger partial charge on any atom is -0.381 e. The van der Waals surface area contributed by atoms with E-state index in [1.165, 1.54) is 16.6 Å². The molecule has 2 aliphatic heterocycles. The Morgan fingerprint density at radius 2 is 1.90 bits per heavy atom. The van der Waals surface area contributed by atoms with Crippen LogP contribution >= 0.6 is 11.6 Å². The number of aromatic nitrogens is 4. The fourth-order valence-electron chi connectivity index (χ4n) is 4.85. The average molecular weight is 412 g/mol. The molecule has 2 aromatic heterocycles. The van der Waals surface area contributed by atoms with Crippen molar-refractivity contribution in [2.45, 2.75) is 45.6 Å². The lowest BCUT2D eigenvalue weighted by Crippen LogP contribution is -2.38. The fourth-order valence-corrected chi connectivity index (χ4v) is 5.02. The van der Waals surface area contributed by atoms with E-state index in [-0.39, 0.29) is 6.04 Å². The van der Waals surface area contributed by atoms with E-state index in [4.69, 9.17) is 16.3 Å². The third kappa shape index (κ3) is 3.60. The summed E-state index contributed by atoms with van der Waals surface area (Å²) in [5.74, 6) is 2.97. The molecule has 152 valence electrons. The van der Waals surface area contributed by atoms with Crippen molar-refractivity contribution in [3.8, 4) is 0 Å². The van der Waals surface area contributed by atoms with Crippen LogP contribution in [0.5, 0.6) is 0 Å². The number of hydrogen-bond acceptors (Lipinski definition) is 5. The second-order valence-corrected chi connectivity index (χ2v) is 8.62. The average Bonchev–Trinajstić information content (AvgIpc) is 3.06. The van der Waals surface area contributed by atoms with Gasteiger partial charge in [-0.2, -0.15) is 9.97 Å². The molecular weight excluding hydrogens is 386 g/mol.